The number of nitrogens with zero attached hydrogens (tertiary/aromatic N) is 4. The zero-order chi connectivity index (χ0) is 17.8. The summed E-state index contributed by atoms with van der Waals surface area (Å²) in [5.74, 6) is -0.947. The quantitative estimate of drug-likeness (QED) is 0.864. The van der Waals surface area contributed by atoms with E-state index in [2.05, 4.69) is 26.2 Å². The molecule has 0 saturated heterocycles. The van der Waals surface area contributed by atoms with Crippen LogP contribution in [0.1, 0.15) is 36.6 Å². The molecule has 3 rings (SSSR count). The molecule has 1 aromatic carbocycles. The second-order valence-corrected chi connectivity index (χ2v) is 6.03. The van der Waals surface area contributed by atoms with E-state index in [9.17, 15) is 14.0 Å². The van der Waals surface area contributed by atoms with Crippen molar-refractivity contribution in [1.29, 1.82) is 0 Å². The minimum Gasteiger partial charge on any atom is -0.346 e. The second-order valence-electron chi connectivity index (χ2n) is 6.03. The van der Waals surface area contributed by atoms with Gasteiger partial charge in [-0.2, -0.15) is 0 Å². The number of fused-ring (bicyclic) bond motifs is 1. The third kappa shape index (κ3) is 3.98. The molecule has 1 aliphatic heterocycles. The van der Waals surface area contributed by atoms with Crippen LogP contribution in [0.15, 0.2) is 18.2 Å². The van der Waals surface area contributed by atoms with E-state index in [0.29, 0.717) is 30.0 Å². The van der Waals surface area contributed by atoms with Gasteiger partial charge in [-0.3, -0.25) is 9.59 Å². The molecule has 0 spiro atoms. The van der Waals surface area contributed by atoms with Crippen LogP contribution in [-0.2, 0) is 16.1 Å². The highest BCUT2D eigenvalue weighted by molar-refractivity contribution is 5.95. The Balaban J connectivity index is 1.58. The number of nitrogens with one attached hydrogen (secondary N) is 2. The molecule has 132 valence electrons. The first-order valence-electron chi connectivity index (χ1n) is 8.14. The van der Waals surface area contributed by atoms with Gasteiger partial charge in [0, 0.05) is 12.2 Å². The number of hydrogen-bond acceptors (Lipinski definition) is 5. The van der Waals surface area contributed by atoms with E-state index in [1.165, 1.54) is 18.2 Å². The van der Waals surface area contributed by atoms with Crippen molar-refractivity contribution in [3.05, 3.63) is 35.4 Å². The Morgan fingerprint density at radius 3 is 3.00 bits per heavy atom. The molecule has 2 heterocycles. The Hall–Kier alpha value is -2.84. The number of carbonyl (C=O) groups excluding carboxylic acids is 2. The van der Waals surface area contributed by atoms with E-state index in [1.807, 2.05) is 0 Å². The molecular weight excluding hydrogens is 327 g/mol. The van der Waals surface area contributed by atoms with Gasteiger partial charge in [0.25, 0.3) is 0 Å². The van der Waals surface area contributed by atoms with Crippen molar-refractivity contribution >= 4 is 17.5 Å². The number of benzene rings is 1. The molecule has 8 nitrogen and oxygen atoms in total. The van der Waals surface area contributed by atoms with Crippen molar-refractivity contribution in [2.45, 2.75) is 38.6 Å². The number of rotatable bonds is 4. The van der Waals surface area contributed by atoms with E-state index >= 15 is 0 Å². The normalized spacial score (nSPS) is 16.6. The molecule has 1 unspecified atom stereocenters. The summed E-state index contributed by atoms with van der Waals surface area (Å²) in [6.07, 6.45) is 2.43. The largest absolute Gasteiger partial charge is 0.346 e. The fourth-order valence-electron chi connectivity index (χ4n) is 2.86. The summed E-state index contributed by atoms with van der Waals surface area (Å²) in [5, 5.41) is 16.7. The number of anilines is 1. The summed E-state index contributed by atoms with van der Waals surface area (Å²) in [7, 11) is 0. The van der Waals surface area contributed by atoms with Crippen LogP contribution in [-0.4, -0.2) is 38.6 Å². The van der Waals surface area contributed by atoms with E-state index in [-0.39, 0.29) is 24.2 Å². The Labute approximate surface area is 143 Å². The standard InChI is InChI=1S/C16H19FN6O2/c1-10-8-11(17)5-6-13(10)19-14(24)9-18-16(25)12-4-2-3-7-23-15(12)20-21-22-23/h5-6,8,12H,2-4,7,9H2,1H3,(H,18,25)(H,19,24). The van der Waals surface area contributed by atoms with Gasteiger partial charge in [-0.05, 0) is 54.0 Å². The Kier molecular flexibility index (Phi) is 5.01. The van der Waals surface area contributed by atoms with Crippen LogP contribution in [0, 0.1) is 12.7 Å². The van der Waals surface area contributed by atoms with Crippen molar-refractivity contribution in [1.82, 2.24) is 25.5 Å². The summed E-state index contributed by atoms with van der Waals surface area (Å²) in [4.78, 5) is 24.5. The van der Waals surface area contributed by atoms with Crippen LogP contribution in [0.3, 0.4) is 0 Å². The molecular formula is C16H19FN6O2. The average molecular weight is 346 g/mol. The smallest absolute Gasteiger partial charge is 0.243 e. The molecule has 25 heavy (non-hydrogen) atoms. The maximum Gasteiger partial charge on any atom is 0.243 e. The van der Waals surface area contributed by atoms with E-state index < -0.39 is 5.92 Å². The zero-order valence-corrected chi connectivity index (χ0v) is 13.8. The fourth-order valence-corrected chi connectivity index (χ4v) is 2.86. The molecule has 9 heteroatoms. The molecule has 0 saturated carbocycles. The van der Waals surface area contributed by atoms with Gasteiger partial charge >= 0.3 is 0 Å². The first-order chi connectivity index (χ1) is 12.0. The number of tetrazole rings is 1. The zero-order valence-electron chi connectivity index (χ0n) is 13.8. The van der Waals surface area contributed by atoms with Crippen LogP contribution >= 0.6 is 0 Å². The van der Waals surface area contributed by atoms with Gasteiger partial charge in [-0.25, -0.2) is 9.07 Å². The lowest BCUT2D eigenvalue weighted by Gasteiger charge is -2.14. The summed E-state index contributed by atoms with van der Waals surface area (Å²) in [6, 6.07) is 4.09. The predicted molar refractivity (Wildman–Crippen MR) is 87.2 cm³/mol. The Morgan fingerprint density at radius 2 is 2.20 bits per heavy atom. The molecule has 0 radical (unpaired) electrons. The highest BCUT2D eigenvalue weighted by atomic mass is 19.1. The van der Waals surface area contributed by atoms with Gasteiger partial charge in [0.15, 0.2) is 5.82 Å². The number of amides is 2. The first kappa shape index (κ1) is 17.0. The maximum absolute atomic E-state index is 13.1. The predicted octanol–water partition coefficient (Wildman–Crippen LogP) is 1.14. The van der Waals surface area contributed by atoms with Gasteiger partial charge in [0.05, 0.1) is 12.5 Å². The number of aryl methyl sites for hydroxylation is 2. The molecule has 2 aromatic rings. The van der Waals surface area contributed by atoms with Crippen LogP contribution in [0.25, 0.3) is 0 Å². The fraction of sp³-hybridized carbons (Fsp3) is 0.438. The summed E-state index contributed by atoms with van der Waals surface area (Å²) >= 11 is 0. The lowest BCUT2D eigenvalue weighted by Crippen LogP contribution is -2.36. The molecule has 2 amide bonds. The lowest BCUT2D eigenvalue weighted by atomic mass is 10.0. The van der Waals surface area contributed by atoms with Gasteiger partial charge in [-0.15, -0.1) is 5.10 Å². The molecule has 1 aromatic heterocycles. The summed E-state index contributed by atoms with van der Waals surface area (Å²) in [6.45, 7) is 2.22. The van der Waals surface area contributed by atoms with Crippen LogP contribution in [0.4, 0.5) is 10.1 Å². The van der Waals surface area contributed by atoms with Crippen molar-refractivity contribution in [2.75, 3.05) is 11.9 Å². The van der Waals surface area contributed by atoms with Crippen molar-refractivity contribution in [3.63, 3.8) is 0 Å². The highest BCUT2D eigenvalue weighted by Gasteiger charge is 2.28. The van der Waals surface area contributed by atoms with E-state index in [1.54, 1.807) is 11.6 Å². The number of aromatic nitrogens is 4. The lowest BCUT2D eigenvalue weighted by molar-refractivity contribution is -0.125. The SMILES string of the molecule is Cc1cc(F)ccc1NC(=O)CNC(=O)C1CCCCn2nnnc21. The number of halogens is 1. The second kappa shape index (κ2) is 7.37. The van der Waals surface area contributed by atoms with Gasteiger partial charge < -0.3 is 10.6 Å². The van der Waals surface area contributed by atoms with Gasteiger partial charge in [0.2, 0.25) is 11.8 Å². The van der Waals surface area contributed by atoms with Crippen molar-refractivity contribution < 1.29 is 14.0 Å². The molecule has 2 N–H and O–H groups in total. The summed E-state index contributed by atoms with van der Waals surface area (Å²) in [5.41, 5.74) is 1.13. The Bertz CT molecular complexity index is 791. The van der Waals surface area contributed by atoms with Crippen molar-refractivity contribution in [3.8, 4) is 0 Å². The topological polar surface area (TPSA) is 102 Å². The van der Waals surface area contributed by atoms with Gasteiger partial charge in [-0.1, -0.05) is 6.42 Å². The van der Waals surface area contributed by atoms with Crippen LogP contribution in [0.5, 0.6) is 0 Å². The van der Waals surface area contributed by atoms with E-state index in [4.69, 9.17) is 0 Å². The first-order valence-corrected chi connectivity index (χ1v) is 8.14. The average Bonchev–Trinajstić information content (AvgIpc) is 2.94. The molecule has 1 aliphatic rings. The number of carbonyl (C=O) groups is 2. The number of hydrogen-bond donors (Lipinski definition) is 2. The van der Waals surface area contributed by atoms with Crippen molar-refractivity contribution in [2.24, 2.45) is 0 Å². The highest BCUT2D eigenvalue weighted by Crippen LogP contribution is 2.23. The van der Waals surface area contributed by atoms with E-state index in [0.717, 1.165) is 12.8 Å². The van der Waals surface area contributed by atoms with Gasteiger partial charge in [0.1, 0.15) is 5.82 Å². The maximum atomic E-state index is 13.1. The monoisotopic (exact) mass is 346 g/mol. The van der Waals surface area contributed by atoms with Crippen LogP contribution < -0.4 is 10.6 Å². The Morgan fingerprint density at radius 1 is 1.36 bits per heavy atom. The third-order valence-corrected chi connectivity index (χ3v) is 4.19. The minimum absolute atomic E-state index is 0.173. The molecule has 1 atom stereocenters. The minimum atomic E-state index is -0.460. The third-order valence-electron chi connectivity index (χ3n) is 4.19. The summed E-state index contributed by atoms with van der Waals surface area (Å²) < 4.78 is 14.7. The van der Waals surface area contributed by atoms with Crippen LogP contribution in [0.2, 0.25) is 0 Å². The molecule has 0 bridgehead atoms. The molecule has 0 aliphatic carbocycles. The molecule has 0 fully saturated rings.